The number of hydrogen-bond donors (Lipinski definition) is 2. The van der Waals surface area contributed by atoms with Crippen LogP contribution in [0.15, 0.2) is 60.8 Å². The van der Waals surface area contributed by atoms with Gasteiger partial charge in [0, 0.05) is 41.6 Å². The van der Waals surface area contributed by atoms with Crippen LogP contribution in [0.5, 0.6) is 0 Å². The van der Waals surface area contributed by atoms with E-state index >= 15 is 0 Å². The van der Waals surface area contributed by atoms with E-state index in [1.54, 1.807) is 29.3 Å². The van der Waals surface area contributed by atoms with Crippen molar-refractivity contribution < 1.29 is 9.59 Å². The van der Waals surface area contributed by atoms with Crippen molar-refractivity contribution in [1.29, 1.82) is 0 Å². The van der Waals surface area contributed by atoms with E-state index in [1.807, 2.05) is 36.4 Å². The number of nitrogens with zero attached hydrogens (tertiary/aromatic N) is 2. The van der Waals surface area contributed by atoms with Gasteiger partial charge in [0.2, 0.25) is 0 Å². The predicted molar refractivity (Wildman–Crippen MR) is 96.9 cm³/mol. The van der Waals surface area contributed by atoms with Crippen LogP contribution in [0.3, 0.4) is 0 Å². The lowest BCUT2D eigenvalue weighted by molar-refractivity contribution is 0.102. The lowest BCUT2D eigenvalue weighted by Crippen LogP contribution is -2.27. The van der Waals surface area contributed by atoms with E-state index in [1.165, 1.54) is 0 Å². The number of rotatable bonds is 3. The van der Waals surface area contributed by atoms with E-state index in [2.05, 4.69) is 15.6 Å². The molecule has 3 amide bonds. The third-order valence-electron chi connectivity index (χ3n) is 4.16. The number of anilines is 2. The topological polar surface area (TPSA) is 74.3 Å². The number of pyridine rings is 1. The minimum absolute atomic E-state index is 0.0958. The number of carbonyl (C=O) groups is 2. The zero-order valence-electron chi connectivity index (χ0n) is 13.4. The van der Waals surface area contributed by atoms with E-state index < -0.39 is 0 Å². The summed E-state index contributed by atoms with van der Waals surface area (Å²) in [6.45, 7) is 1.30. The minimum atomic E-state index is -0.183. The first-order chi connectivity index (χ1) is 12.2. The van der Waals surface area contributed by atoms with Crippen molar-refractivity contribution in [3.63, 3.8) is 0 Å². The fourth-order valence-electron chi connectivity index (χ4n) is 2.86. The normalized spacial score (nSPS) is 13.8. The molecule has 6 nitrogen and oxygen atoms in total. The zero-order valence-corrected chi connectivity index (χ0v) is 13.4. The molecule has 4 rings (SSSR count). The Morgan fingerprint density at radius 1 is 1.12 bits per heavy atom. The summed E-state index contributed by atoms with van der Waals surface area (Å²) in [5.41, 5.74) is 2.92. The van der Waals surface area contributed by atoms with E-state index in [0.717, 1.165) is 16.6 Å². The monoisotopic (exact) mass is 332 g/mol. The van der Waals surface area contributed by atoms with Crippen LogP contribution in [0.25, 0.3) is 10.9 Å². The van der Waals surface area contributed by atoms with Gasteiger partial charge < -0.3 is 10.6 Å². The second-order valence-corrected chi connectivity index (χ2v) is 5.80. The lowest BCUT2D eigenvalue weighted by atomic mass is 10.1. The molecule has 0 unspecified atom stereocenters. The molecule has 0 spiro atoms. The Morgan fingerprint density at radius 3 is 2.72 bits per heavy atom. The molecule has 0 aliphatic carbocycles. The molecule has 2 aromatic carbocycles. The molecule has 25 heavy (non-hydrogen) atoms. The van der Waals surface area contributed by atoms with Gasteiger partial charge in [0.05, 0.1) is 5.52 Å². The molecule has 0 bridgehead atoms. The maximum absolute atomic E-state index is 12.4. The molecule has 1 aliphatic heterocycles. The van der Waals surface area contributed by atoms with Crippen molar-refractivity contribution in [3.05, 3.63) is 66.4 Å². The quantitative estimate of drug-likeness (QED) is 0.774. The van der Waals surface area contributed by atoms with Gasteiger partial charge >= 0.3 is 6.03 Å². The van der Waals surface area contributed by atoms with Crippen LogP contribution >= 0.6 is 0 Å². The van der Waals surface area contributed by atoms with Gasteiger partial charge in [0.25, 0.3) is 5.91 Å². The van der Waals surface area contributed by atoms with Crippen LogP contribution < -0.4 is 15.5 Å². The van der Waals surface area contributed by atoms with Crippen molar-refractivity contribution in [3.8, 4) is 0 Å². The standard InChI is InChI=1S/C19H16N4O2/c24-18(14-3-8-17-13(12-14)2-1-9-20-17)22-15-4-6-16(7-5-15)23-11-10-21-19(23)25/h1-9,12H,10-11H2,(H,21,25)(H,22,24). The molecule has 0 saturated carbocycles. The molecular weight excluding hydrogens is 316 g/mol. The van der Waals surface area contributed by atoms with Gasteiger partial charge in [-0.3, -0.25) is 14.7 Å². The van der Waals surface area contributed by atoms with Gasteiger partial charge in [-0.2, -0.15) is 0 Å². The van der Waals surface area contributed by atoms with Crippen molar-refractivity contribution in [1.82, 2.24) is 10.3 Å². The Hall–Kier alpha value is -3.41. The largest absolute Gasteiger partial charge is 0.336 e. The Balaban J connectivity index is 1.50. The summed E-state index contributed by atoms with van der Waals surface area (Å²) >= 11 is 0. The molecule has 3 aromatic rings. The zero-order chi connectivity index (χ0) is 17.2. The van der Waals surface area contributed by atoms with Crippen molar-refractivity contribution in [2.45, 2.75) is 0 Å². The highest BCUT2D eigenvalue weighted by molar-refractivity contribution is 6.06. The van der Waals surface area contributed by atoms with Crippen LogP contribution in [-0.4, -0.2) is 30.0 Å². The molecular formula is C19H16N4O2. The molecule has 1 aliphatic rings. The Labute approximate surface area is 144 Å². The predicted octanol–water partition coefficient (Wildman–Crippen LogP) is 3.02. The average Bonchev–Trinajstić information content (AvgIpc) is 3.08. The van der Waals surface area contributed by atoms with Crippen molar-refractivity contribution in [2.75, 3.05) is 23.3 Å². The first-order valence-corrected chi connectivity index (χ1v) is 8.02. The number of carbonyl (C=O) groups excluding carboxylic acids is 2. The Morgan fingerprint density at radius 2 is 1.96 bits per heavy atom. The molecule has 1 aromatic heterocycles. The van der Waals surface area contributed by atoms with Gasteiger partial charge in [-0.05, 0) is 48.5 Å². The average molecular weight is 332 g/mol. The van der Waals surface area contributed by atoms with E-state index in [0.29, 0.717) is 24.3 Å². The van der Waals surface area contributed by atoms with E-state index in [4.69, 9.17) is 0 Å². The summed E-state index contributed by atoms with van der Waals surface area (Å²) in [7, 11) is 0. The maximum atomic E-state index is 12.4. The fourth-order valence-corrected chi connectivity index (χ4v) is 2.86. The molecule has 2 N–H and O–H groups in total. The third-order valence-corrected chi connectivity index (χ3v) is 4.16. The molecule has 2 heterocycles. The minimum Gasteiger partial charge on any atom is -0.336 e. The van der Waals surface area contributed by atoms with Crippen LogP contribution in [0.4, 0.5) is 16.2 Å². The Bertz CT molecular complexity index is 953. The van der Waals surface area contributed by atoms with Crippen LogP contribution in [0.1, 0.15) is 10.4 Å². The number of nitrogens with one attached hydrogen (secondary N) is 2. The molecule has 0 radical (unpaired) electrons. The second kappa shape index (κ2) is 6.24. The van der Waals surface area contributed by atoms with Gasteiger partial charge in [-0.1, -0.05) is 6.07 Å². The van der Waals surface area contributed by atoms with Gasteiger partial charge in [-0.25, -0.2) is 4.79 Å². The summed E-state index contributed by atoms with van der Waals surface area (Å²) in [6, 6.07) is 16.3. The van der Waals surface area contributed by atoms with Gasteiger partial charge in [-0.15, -0.1) is 0 Å². The molecule has 0 atom stereocenters. The number of aromatic nitrogens is 1. The van der Waals surface area contributed by atoms with Gasteiger partial charge in [0.1, 0.15) is 0 Å². The number of urea groups is 1. The van der Waals surface area contributed by atoms with Crippen molar-refractivity contribution in [2.24, 2.45) is 0 Å². The fraction of sp³-hybridized carbons (Fsp3) is 0.105. The van der Waals surface area contributed by atoms with Crippen LogP contribution in [0.2, 0.25) is 0 Å². The second-order valence-electron chi connectivity index (χ2n) is 5.80. The van der Waals surface area contributed by atoms with Crippen LogP contribution in [0, 0.1) is 0 Å². The number of amides is 3. The molecule has 1 saturated heterocycles. The first kappa shape index (κ1) is 15.1. The van der Waals surface area contributed by atoms with Gasteiger partial charge in [0.15, 0.2) is 0 Å². The van der Waals surface area contributed by atoms with E-state index in [-0.39, 0.29) is 11.9 Å². The maximum Gasteiger partial charge on any atom is 0.321 e. The Kier molecular flexibility index (Phi) is 3.78. The molecule has 6 heteroatoms. The van der Waals surface area contributed by atoms with E-state index in [9.17, 15) is 9.59 Å². The van der Waals surface area contributed by atoms with Crippen LogP contribution in [-0.2, 0) is 0 Å². The smallest absolute Gasteiger partial charge is 0.321 e. The highest BCUT2D eigenvalue weighted by Crippen LogP contribution is 2.20. The molecule has 124 valence electrons. The number of fused-ring (bicyclic) bond motifs is 1. The first-order valence-electron chi connectivity index (χ1n) is 8.02. The molecule has 1 fully saturated rings. The SMILES string of the molecule is O=C(Nc1ccc(N2CCNC2=O)cc1)c1ccc2ncccc2c1. The van der Waals surface area contributed by atoms with Crippen molar-refractivity contribution >= 4 is 34.2 Å². The summed E-state index contributed by atoms with van der Waals surface area (Å²) in [5, 5.41) is 6.56. The summed E-state index contributed by atoms with van der Waals surface area (Å²) < 4.78 is 0. The summed E-state index contributed by atoms with van der Waals surface area (Å²) in [5.74, 6) is -0.183. The third kappa shape index (κ3) is 3.01. The number of benzene rings is 2. The number of hydrogen-bond acceptors (Lipinski definition) is 3. The highest BCUT2D eigenvalue weighted by atomic mass is 16.2. The lowest BCUT2D eigenvalue weighted by Gasteiger charge is -2.14. The summed E-state index contributed by atoms with van der Waals surface area (Å²) in [6.07, 6.45) is 1.73. The summed E-state index contributed by atoms with van der Waals surface area (Å²) in [4.78, 5) is 30.0. The highest BCUT2D eigenvalue weighted by Gasteiger charge is 2.20.